The minimum Gasteiger partial charge on any atom is -0.379 e. The predicted molar refractivity (Wildman–Crippen MR) is 61.0 cm³/mol. The summed E-state index contributed by atoms with van der Waals surface area (Å²) in [6.45, 7) is 3.68. The predicted octanol–water partition coefficient (Wildman–Crippen LogP) is 1.93. The van der Waals surface area contributed by atoms with Crippen LogP contribution in [-0.4, -0.2) is 23.7 Å². The maximum atomic E-state index is 8.67. The molecule has 0 bridgehead atoms. The van der Waals surface area contributed by atoms with Crippen LogP contribution in [0.2, 0.25) is 0 Å². The van der Waals surface area contributed by atoms with Crippen molar-refractivity contribution in [2.24, 2.45) is 0 Å². The summed E-state index contributed by atoms with van der Waals surface area (Å²) in [7, 11) is 0. The Morgan fingerprint density at radius 2 is 2.44 bits per heavy atom. The average molecular weight is 217 g/mol. The number of nitrogens with zero attached hydrogens (tertiary/aromatic N) is 2. The van der Waals surface area contributed by atoms with E-state index in [4.69, 9.17) is 10.00 Å². The maximum absolute atomic E-state index is 8.67. The van der Waals surface area contributed by atoms with E-state index >= 15 is 0 Å². The van der Waals surface area contributed by atoms with Gasteiger partial charge in [0.2, 0.25) is 0 Å². The molecule has 1 aromatic heterocycles. The van der Waals surface area contributed by atoms with Crippen LogP contribution in [0, 0.1) is 11.3 Å². The van der Waals surface area contributed by atoms with Crippen molar-refractivity contribution in [3.05, 3.63) is 23.9 Å². The van der Waals surface area contributed by atoms with Crippen LogP contribution in [0.25, 0.3) is 0 Å². The molecule has 2 heterocycles. The normalized spacial score (nSPS) is 24.8. The number of hydrogen-bond donors (Lipinski definition) is 1. The molecule has 16 heavy (non-hydrogen) atoms. The molecule has 4 heteroatoms. The molecule has 4 nitrogen and oxygen atoms in total. The van der Waals surface area contributed by atoms with E-state index in [2.05, 4.69) is 23.3 Å². The summed E-state index contributed by atoms with van der Waals surface area (Å²) < 4.78 is 5.46. The molecule has 1 aliphatic rings. The summed E-state index contributed by atoms with van der Waals surface area (Å²) in [6, 6.07) is 5.65. The highest BCUT2D eigenvalue weighted by atomic mass is 16.5. The lowest BCUT2D eigenvalue weighted by Gasteiger charge is -2.34. The van der Waals surface area contributed by atoms with Crippen molar-refractivity contribution in [2.75, 3.05) is 18.5 Å². The fourth-order valence-corrected chi connectivity index (χ4v) is 1.88. The lowest BCUT2D eigenvalue weighted by atomic mass is 9.95. The third-order valence-electron chi connectivity index (χ3n) is 2.76. The van der Waals surface area contributed by atoms with Gasteiger partial charge in [-0.1, -0.05) is 0 Å². The van der Waals surface area contributed by atoms with Crippen LogP contribution in [0.3, 0.4) is 0 Å². The first-order chi connectivity index (χ1) is 7.72. The van der Waals surface area contributed by atoms with Crippen molar-refractivity contribution < 1.29 is 4.74 Å². The molecule has 1 unspecified atom stereocenters. The second-order valence-electron chi connectivity index (χ2n) is 4.39. The molecule has 2 rings (SSSR count). The summed E-state index contributed by atoms with van der Waals surface area (Å²) in [5.74, 6) is 0.798. The zero-order valence-electron chi connectivity index (χ0n) is 9.36. The van der Waals surface area contributed by atoms with Gasteiger partial charge in [0.25, 0.3) is 0 Å². The van der Waals surface area contributed by atoms with E-state index in [0.717, 1.165) is 25.3 Å². The highest BCUT2D eigenvalue weighted by molar-refractivity contribution is 5.41. The number of nitrogens with one attached hydrogen (secondary N) is 1. The number of rotatable bonds is 2. The third-order valence-corrected chi connectivity index (χ3v) is 2.76. The molecule has 0 saturated carbocycles. The quantitative estimate of drug-likeness (QED) is 0.822. The molecule has 0 spiro atoms. The van der Waals surface area contributed by atoms with Gasteiger partial charge in [-0.25, -0.2) is 4.98 Å². The Morgan fingerprint density at radius 1 is 1.56 bits per heavy atom. The molecule has 1 atom stereocenters. The SMILES string of the molecule is CC1(Nc2ccc(C#N)cn2)CCCOC1. The van der Waals surface area contributed by atoms with Crippen LogP contribution in [0.1, 0.15) is 25.3 Å². The van der Waals surface area contributed by atoms with Crippen molar-refractivity contribution in [1.82, 2.24) is 4.98 Å². The third kappa shape index (κ3) is 2.50. The van der Waals surface area contributed by atoms with Crippen LogP contribution < -0.4 is 5.32 Å². The second-order valence-corrected chi connectivity index (χ2v) is 4.39. The molecule has 0 aliphatic carbocycles. The summed E-state index contributed by atoms with van der Waals surface area (Å²) in [5, 5.41) is 12.0. The number of anilines is 1. The average Bonchev–Trinajstić information content (AvgIpc) is 2.30. The van der Waals surface area contributed by atoms with Gasteiger partial charge in [0.15, 0.2) is 0 Å². The number of aromatic nitrogens is 1. The van der Waals surface area contributed by atoms with Crippen LogP contribution in [0.5, 0.6) is 0 Å². The molecule has 0 aromatic carbocycles. The van der Waals surface area contributed by atoms with Gasteiger partial charge in [-0.2, -0.15) is 5.26 Å². The second kappa shape index (κ2) is 4.50. The van der Waals surface area contributed by atoms with Gasteiger partial charge in [-0.3, -0.25) is 0 Å². The van der Waals surface area contributed by atoms with Gasteiger partial charge in [0, 0.05) is 12.8 Å². The Labute approximate surface area is 95.3 Å². The molecular formula is C12H15N3O. The van der Waals surface area contributed by atoms with Crippen molar-refractivity contribution in [1.29, 1.82) is 5.26 Å². The van der Waals surface area contributed by atoms with Crippen molar-refractivity contribution in [2.45, 2.75) is 25.3 Å². The van der Waals surface area contributed by atoms with Gasteiger partial charge in [-0.05, 0) is 31.9 Å². The van der Waals surface area contributed by atoms with E-state index < -0.39 is 0 Å². The molecule has 0 radical (unpaired) electrons. The standard InChI is InChI=1S/C12H15N3O/c1-12(5-2-6-16-9-12)15-11-4-3-10(7-13)8-14-11/h3-4,8H,2,5-6,9H2,1H3,(H,14,15). The zero-order chi connectivity index (χ0) is 11.4. The van der Waals surface area contributed by atoms with Crippen LogP contribution in [0.4, 0.5) is 5.82 Å². The Balaban J connectivity index is 2.05. The topological polar surface area (TPSA) is 57.9 Å². The molecular weight excluding hydrogens is 202 g/mol. The molecule has 1 aromatic rings. The number of pyridine rings is 1. The molecule has 1 aliphatic heterocycles. The molecule has 0 amide bonds. The van der Waals surface area contributed by atoms with Crippen LogP contribution in [0.15, 0.2) is 18.3 Å². The van der Waals surface area contributed by atoms with Gasteiger partial charge in [0.1, 0.15) is 11.9 Å². The lowest BCUT2D eigenvalue weighted by Crippen LogP contribution is -2.43. The van der Waals surface area contributed by atoms with Crippen molar-refractivity contribution in [3.8, 4) is 6.07 Å². The Kier molecular flexibility index (Phi) is 3.07. The van der Waals surface area contributed by atoms with Crippen molar-refractivity contribution >= 4 is 5.82 Å². The van der Waals surface area contributed by atoms with E-state index in [0.29, 0.717) is 12.2 Å². The zero-order valence-corrected chi connectivity index (χ0v) is 9.36. The highest BCUT2D eigenvalue weighted by Gasteiger charge is 2.27. The monoisotopic (exact) mass is 217 g/mol. The summed E-state index contributed by atoms with van der Waals surface area (Å²) >= 11 is 0. The maximum Gasteiger partial charge on any atom is 0.126 e. The summed E-state index contributed by atoms with van der Waals surface area (Å²) in [5.41, 5.74) is 0.537. The molecule has 1 fully saturated rings. The Bertz CT molecular complexity index is 388. The van der Waals surface area contributed by atoms with E-state index in [-0.39, 0.29) is 5.54 Å². The van der Waals surface area contributed by atoms with E-state index in [1.165, 1.54) is 0 Å². The minimum atomic E-state index is -0.0423. The first-order valence-corrected chi connectivity index (χ1v) is 5.44. The molecule has 1 N–H and O–H groups in total. The first-order valence-electron chi connectivity index (χ1n) is 5.44. The highest BCUT2D eigenvalue weighted by Crippen LogP contribution is 2.22. The number of hydrogen-bond acceptors (Lipinski definition) is 4. The van der Waals surface area contributed by atoms with E-state index in [1.807, 2.05) is 6.07 Å². The molecule has 84 valence electrons. The van der Waals surface area contributed by atoms with Gasteiger partial charge in [0.05, 0.1) is 17.7 Å². The summed E-state index contributed by atoms with van der Waals surface area (Å²) in [4.78, 5) is 4.20. The lowest BCUT2D eigenvalue weighted by molar-refractivity contribution is 0.0539. The summed E-state index contributed by atoms with van der Waals surface area (Å²) in [6.07, 6.45) is 3.73. The first kappa shape index (κ1) is 10.9. The Hall–Kier alpha value is -1.60. The van der Waals surface area contributed by atoms with Gasteiger partial charge in [-0.15, -0.1) is 0 Å². The fraction of sp³-hybridized carbons (Fsp3) is 0.500. The van der Waals surface area contributed by atoms with Crippen LogP contribution in [-0.2, 0) is 4.74 Å². The smallest absolute Gasteiger partial charge is 0.126 e. The minimum absolute atomic E-state index is 0.0423. The van der Waals surface area contributed by atoms with E-state index in [9.17, 15) is 0 Å². The Morgan fingerprint density at radius 3 is 3.00 bits per heavy atom. The van der Waals surface area contributed by atoms with Gasteiger partial charge >= 0.3 is 0 Å². The number of ether oxygens (including phenoxy) is 1. The number of nitriles is 1. The van der Waals surface area contributed by atoms with E-state index in [1.54, 1.807) is 12.3 Å². The fourth-order valence-electron chi connectivity index (χ4n) is 1.88. The largest absolute Gasteiger partial charge is 0.379 e. The molecule has 1 saturated heterocycles. The van der Waals surface area contributed by atoms with Crippen LogP contribution >= 0.6 is 0 Å². The van der Waals surface area contributed by atoms with Crippen molar-refractivity contribution in [3.63, 3.8) is 0 Å². The van der Waals surface area contributed by atoms with Gasteiger partial charge < -0.3 is 10.1 Å².